The molecular formula is C13H17FN2O2. The van der Waals surface area contributed by atoms with Crippen LogP contribution in [0.5, 0.6) is 5.75 Å². The molecule has 1 unspecified atom stereocenters. The van der Waals surface area contributed by atoms with Crippen LogP contribution >= 0.6 is 0 Å². The van der Waals surface area contributed by atoms with Crippen molar-refractivity contribution in [3.05, 3.63) is 29.6 Å². The maximum atomic E-state index is 13.0. The van der Waals surface area contributed by atoms with Crippen molar-refractivity contribution in [3.8, 4) is 5.75 Å². The van der Waals surface area contributed by atoms with Crippen molar-refractivity contribution in [2.24, 2.45) is 11.7 Å². The summed E-state index contributed by atoms with van der Waals surface area (Å²) in [5, 5.41) is 3.29. The van der Waals surface area contributed by atoms with Crippen LogP contribution in [0.25, 0.3) is 0 Å². The fraction of sp³-hybridized carbons (Fsp3) is 0.462. The fourth-order valence-corrected chi connectivity index (χ4v) is 2.09. The van der Waals surface area contributed by atoms with E-state index in [9.17, 15) is 9.18 Å². The van der Waals surface area contributed by atoms with Gasteiger partial charge in [0.15, 0.2) is 0 Å². The third-order valence-electron chi connectivity index (χ3n) is 3.08. The Hall–Kier alpha value is -1.62. The van der Waals surface area contributed by atoms with Gasteiger partial charge in [-0.3, -0.25) is 4.79 Å². The lowest BCUT2D eigenvalue weighted by molar-refractivity contribution is 0.0994. The first-order valence-corrected chi connectivity index (χ1v) is 6.09. The van der Waals surface area contributed by atoms with Crippen LogP contribution in [0, 0.1) is 11.7 Å². The summed E-state index contributed by atoms with van der Waals surface area (Å²) in [6.07, 6.45) is 2.22. The largest absolute Gasteiger partial charge is 0.492 e. The molecule has 1 amide bonds. The van der Waals surface area contributed by atoms with Gasteiger partial charge in [0.25, 0.3) is 5.91 Å². The van der Waals surface area contributed by atoms with E-state index in [1.165, 1.54) is 12.1 Å². The van der Waals surface area contributed by atoms with E-state index in [-0.39, 0.29) is 5.56 Å². The molecule has 0 bridgehead atoms. The molecule has 0 aromatic heterocycles. The second kappa shape index (κ2) is 5.82. The Morgan fingerprint density at radius 2 is 2.39 bits per heavy atom. The highest BCUT2D eigenvalue weighted by Gasteiger charge is 2.16. The minimum absolute atomic E-state index is 0.0961. The average molecular weight is 252 g/mol. The second-order valence-electron chi connectivity index (χ2n) is 4.53. The van der Waals surface area contributed by atoms with Crippen LogP contribution in [0.3, 0.4) is 0 Å². The zero-order valence-electron chi connectivity index (χ0n) is 10.1. The summed E-state index contributed by atoms with van der Waals surface area (Å²) >= 11 is 0. The number of nitrogens with one attached hydrogen (secondary N) is 1. The Kier molecular flexibility index (Phi) is 4.15. The Balaban J connectivity index is 2.01. The number of hydrogen-bond donors (Lipinski definition) is 2. The molecule has 1 saturated heterocycles. The number of carbonyl (C=O) groups is 1. The van der Waals surface area contributed by atoms with Gasteiger partial charge in [0.1, 0.15) is 11.6 Å². The monoisotopic (exact) mass is 252 g/mol. The summed E-state index contributed by atoms with van der Waals surface area (Å²) in [5.74, 6) is -0.388. The molecule has 1 aliphatic heterocycles. The topological polar surface area (TPSA) is 64.4 Å². The maximum Gasteiger partial charge on any atom is 0.252 e. The number of hydrogen-bond acceptors (Lipinski definition) is 3. The number of piperidine rings is 1. The number of carbonyl (C=O) groups excluding carboxylic acids is 1. The highest BCUT2D eigenvalue weighted by molar-refractivity contribution is 5.95. The number of benzene rings is 1. The molecule has 1 aliphatic rings. The predicted molar refractivity (Wildman–Crippen MR) is 66.0 cm³/mol. The van der Waals surface area contributed by atoms with Crippen LogP contribution < -0.4 is 15.8 Å². The van der Waals surface area contributed by atoms with Crippen LogP contribution in [-0.4, -0.2) is 25.6 Å². The van der Waals surface area contributed by atoms with Crippen molar-refractivity contribution < 1.29 is 13.9 Å². The Morgan fingerprint density at radius 3 is 3.06 bits per heavy atom. The lowest BCUT2D eigenvalue weighted by atomic mass is 10.0. The van der Waals surface area contributed by atoms with Crippen LogP contribution in [0.1, 0.15) is 23.2 Å². The first kappa shape index (κ1) is 12.8. The molecular weight excluding hydrogens is 235 g/mol. The van der Waals surface area contributed by atoms with Crippen molar-refractivity contribution in [3.63, 3.8) is 0 Å². The van der Waals surface area contributed by atoms with Crippen LogP contribution in [0.4, 0.5) is 4.39 Å². The normalized spacial score (nSPS) is 19.5. The quantitative estimate of drug-likeness (QED) is 0.849. The van der Waals surface area contributed by atoms with E-state index >= 15 is 0 Å². The number of rotatable bonds is 4. The highest BCUT2D eigenvalue weighted by Crippen LogP contribution is 2.21. The molecule has 1 aromatic carbocycles. The number of nitrogens with two attached hydrogens (primary N) is 1. The number of primary amides is 1. The van der Waals surface area contributed by atoms with Crippen LogP contribution in [0.15, 0.2) is 18.2 Å². The summed E-state index contributed by atoms with van der Waals surface area (Å²) in [6.45, 7) is 2.46. The van der Waals surface area contributed by atoms with Gasteiger partial charge in [0, 0.05) is 12.5 Å². The molecule has 98 valence electrons. The SMILES string of the molecule is NC(=O)c1cc(F)ccc1OCC1CCCNC1. The van der Waals surface area contributed by atoms with Gasteiger partial charge in [0.05, 0.1) is 12.2 Å². The molecule has 2 rings (SSSR count). The van der Waals surface area contributed by atoms with Gasteiger partial charge < -0.3 is 15.8 Å². The molecule has 0 saturated carbocycles. The second-order valence-corrected chi connectivity index (χ2v) is 4.53. The van der Waals surface area contributed by atoms with Crippen molar-refractivity contribution >= 4 is 5.91 Å². The Labute approximate surface area is 105 Å². The maximum absolute atomic E-state index is 13.0. The average Bonchev–Trinajstić information content (AvgIpc) is 2.38. The van der Waals surface area contributed by atoms with Gasteiger partial charge >= 0.3 is 0 Å². The van der Waals surface area contributed by atoms with Crippen LogP contribution in [-0.2, 0) is 0 Å². The Morgan fingerprint density at radius 1 is 1.56 bits per heavy atom. The van der Waals surface area contributed by atoms with Gasteiger partial charge in [0.2, 0.25) is 0 Å². The number of amides is 1. The first-order chi connectivity index (χ1) is 8.66. The van der Waals surface area contributed by atoms with E-state index in [1.54, 1.807) is 0 Å². The van der Waals surface area contributed by atoms with E-state index in [4.69, 9.17) is 10.5 Å². The molecule has 1 heterocycles. The fourth-order valence-electron chi connectivity index (χ4n) is 2.09. The lowest BCUT2D eigenvalue weighted by Gasteiger charge is -2.23. The van der Waals surface area contributed by atoms with Crippen LogP contribution in [0.2, 0.25) is 0 Å². The number of ether oxygens (including phenoxy) is 1. The van der Waals surface area contributed by atoms with Gasteiger partial charge in [-0.1, -0.05) is 0 Å². The van der Waals surface area contributed by atoms with Gasteiger partial charge in [-0.2, -0.15) is 0 Å². The zero-order valence-corrected chi connectivity index (χ0v) is 10.1. The molecule has 4 nitrogen and oxygen atoms in total. The zero-order chi connectivity index (χ0) is 13.0. The lowest BCUT2D eigenvalue weighted by Crippen LogP contribution is -2.33. The van der Waals surface area contributed by atoms with E-state index in [1.807, 2.05) is 0 Å². The Bertz CT molecular complexity index is 431. The summed E-state index contributed by atoms with van der Waals surface area (Å²) in [4.78, 5) is 11.2. The van der Waals surface area contributed by atoms with E-state index in [0.29, 0.717) is 18.3 Å². The highest BCUT2D eigenvalue weighted by atomic mass is 19.1. The number of halogens is 1. The molecule has 0 aliphatic carbocycles. The molecule has 18 heavy (non-hydrogen) atoms. The van der Waals surface area contributed by atoms with Crippen molar-refractivity contribution in [1.82, 2.24) is 5.32 Å². The molecule has 0 radical (unpaired) electrons. The first-order valence-electron chi connectivity index (χ1n) is 6.09. The molecule has 5 heteroatoms. The molecule has 0 spiro atoms. The summed E-state index contributed by atoms with van der Waals surface area (Å²) in [7, 11) is 0. The summed E-state index contributed by atoms with van der Waals surface area (Å²) in [5.41, 5.74) is 5.29. The molecule has 1 atom stereocenters. The molecule has 1 fully saturated rings. The van der Waals surface area contributed by atoms with Gasteiger partial charge in [-0.25, -0.2) is 4.39 Å². The molecule has 1 aromatic rings. The third-order valence-corrected chi connectivity index (χ3v) is 3.08. The predicted octanol–water partition coefficient (Wildman–Crippen LogP) is 1.30. The minimum atomic E-state index is -0.675. The van der Waals surface area contributed by atoms with Crippen molar-refractivity contribution in [2.75, 3.05) is 19.7 Å². The standard InChI is InChI=1S/C13H17FN2O2/c14-10-3-4-12(11(6-10)13(15)17)18-8-9-2-1-5-16-7-9/h3-4,6,9,16H,1-2,5,7-8H2,(H2,15,17). The third kappa shape index (κ3) is 3.20. The van der Waals surface area contributed by atoms with Gasteiger partial charge in [-0.15, -0.1) is 0 Å². The van der Waals surface area contributed by atoms with E-state index < -0.39 is 11.7 Å². The van der Waals surface area contributed by atoms with Crippen molar-refractivity contribution in [1.29, 1.82) is 0 Å². The van der Waals surface area contributed by atoms with Crippen molar-refractivity contribution in [2.45, 2.75) is 12.8 Å². The summed E-state index contributed by atoms with van der Waals surface area (Å²) < 4.78 is 18.6. The smallest absolute Gasteiger partial charge is 0.252 e. The van der Waals surface area contributed by atoms with E-state index in [0.717, 1.165) is 32.0 Å². The van der Waals surface area contributed by atoms with E-state index in [2.05, 4.69) is 5.32 Å². The minimum Gasteiger partial charge on any atom is -0.492 e. The molecule has 3 N–H and O–H groups in total. The van der Waals surface area contributed by atoms with Gasteiger partial charge in [-0.05, 0) is 37.6 Å². The summed E-state index contributed by atoms with van der Waals surface area (Å²) in [6, 6.07) is 3.82.